The van der Waals surface area contributed by atoms with E-state index in [9.17, 15) is 14.7 Å². The van der Waals surface area contributed by atoms with Gasteiger partial charge in [0.2, 0.25) is 5.91 Å². The first-order valence-electron chi connectivity index (χ1n) is 6.89. The van der Waals surface area contributed by atoms with E-state index in [-0.39, 0.29) is 31.8 Å². The predicted molar refractivity (Wildman–Crippen MR) is 80.9 cm³/mol. The van der Waals surface area contributed by atoms with Crippen LogP contribution in [0.15, 0.2) is 28.7 Å². The van der Waals surface area contributed by atoms with Gasteiger partial charge in [0.05, 0.1) is 0 Å². The van der Waals surface area contributed by atoms with Gasteiger partial charge in [0.15, 0.2) is 5.60 Å². The highest BCUT2D eigenvalue weighted by Crippen LogP contribution is 2.23. The minimum Gasteiger partial charge on any atom is -0.479 e. The molecule has 114 valence electrons. The molecule has 0 aliphatic carbocycles. The molecule has 2 N–H and O–H groups in total. The molecule has 1 aromatic rings. The Bertz CT molecular complexity index is 538. The Morgan fingerprint density at radius 2 is 1.86 bits per heavy atom. The highest BCUT2D eigenvalue weighted by atomic mass is 79.9. The first kappa shape index (κ1) is 16.0. The third kappa shape index (κ3) is 3.83. The van der Waals surface area contributed by atoms with E-state index < -0.39 is 11.6 Å². The zero-order valence-corrected chi connectivity index (χ0v) is 13.2. The lowest BCUT2D eigenvalue weighted by Gasteiger charge is -2.35. The molecule has 0 spiro atoms. The minimum absolute atomic E-state index is 0.00167. The van der Waals surface area contributed by atoms with Gasteiger partial charge >= 0.3 is 5.97 Å². The average molecular weight is 356 g/mol. The van der Waals surface area contributed by atoms with Crippen LogP contribution >= 0.6 is 15.9 Å². The van der Waals surface area contributed by atoms with Crippen molar-refractivity contribution in [2.75, 3.05) is 13.1 Å². The number of halogens is 1. The van der Waals surface area contributed by atoms with Gasteiger partial charge in [-0.15, -0.1) is 0 Å². The SMILES string of the molecule is O=C(CCc1ccccc1Br)N1CCC(O)(C(=O)O)CC1. The summed E-state index contributed by atoms with van der Waals surface area (Å²) in [6, 6.07) is 7.76. The molecule has 1 fully saturated rings. The van der Waals surface area contributed by atoms with E-state index in [4.69, 9.17) is 5.11 Å². The normalized spacial score (nSPS) is 17.5. The first-order chi connectivity index (χ1) is 9.92. The van der Waals surface area contributed by atoms with Crippen molar-refractivity contribution in [1.82, 2.24) is 4.90 Å². The van der Waals surface area contributed by atoms with E-state index in [1.54, 1.807) is 4.90 Å². The van der Waals surface area contributed by atoms with Gasteiger partial charge in [-0.2, -0.15) is 0 Å². The molecule has 0 saturated carbocycles. The molecular weight excluding hydrogens is 338 g/mol. The molecule has 0 atom stereocenters. The van der Waals surface area contributed by atoms with Gasteiger partial charge < -0.3 is 15.1 Å². The molecule has 6 heteroatoms. The van der Waals surface area contributed by atoms with Gasteiger partial charge in [0, 0.05) is 36.8 Å². The zero-order valence-electron chi connectivity index (χ0n) is 11.6. The smallest absolute Gasteiger partial charge is 0.335 e. The Morgan fingerprint density at radius 3 is 2.43 bits per heavy atom. The molecule has 2 rings (SSSR count). The third-order valence-electron chi connectivity index (χ3n) is 3.91. The number of likely N-dealkylation sites (tertiary alicyclic amines) is 1. The van der Waals surface area contributed by atoms with Crippen LogP contribution in [0.2, 0.25) is 0 Å². The second-order valence-corrected chi connectivity index (χ2v) is 6.16. The number of aryl methyl sites for hydroxylation is 1. The highest BCUT2D eigenvalue weighted by molar-refractivity contribution is 9.10. The van der Waals surface area contributed by atoms with Crippen LogP contribution in [0.1, 0.15) is 24.8 Å². The Morgan fingerprint density at radius 1 is 1.24 bits per heavy atom. The summed E-state index contributed by atoms with van der Waals surface area (Å²) in [6.07, 6.45) is 1.19. The fraction of sp³-hybridized carbons (Fsp3) is 0.467. The number of carbonyl (C=O) groups excluding carboxylic acids is 1. The Kier molecular flexibility index (Phi) is 5.00. The molecule has 5 nitrogen and oxygen atoms in total. The maximum absolute atomic E-state index is 12.1. The number of carbonyl (C=O) groups is 2. The molecule has 1 heterocycles. The second kappa shape index (κ2) is 6.58. The van der Waals surface area contributed by atoms with Crippen LogP contribution in [-0.2, 0) is 16.0 Å². The van der Waals surface area contributed by atoms with Crippen molar-refractivity contribution in [2.45, 2.75) is 31.3 Å². The van der Waals surface area contributed by atoms with Gasteiger partial charge in [0.1, 0.15) is 0 Å². The summed E-state index contributed by atoms with van der Waals surface area (Å²) in [4.78, 5) is 24.7. The number of nitrogens with zero attached hydrogens (tertiary/aromatic N) is 1. The quantitative estimate of drug-likeness (QED) is 0.863. The maximum atomic E-state index is 12.1. The number of aliphatic carboxylic acids is 1. The summed E-state index contributed by atoms with van der Waals surface area (Å²) in [7, 11) is 0. The number of amides is 1. The van der Waals surface area contributed by atoms with E-state index in [1.165, 1.54) is 0 Å². The molecule has 1 aromatic carbocycles. The number of hydrogen-bond acceptors (Lipinski definition) is 3. The van der Waals surface area contributed by atoms with Crippen LogP contribution in [0.25, 0.3) is 0 Å². The van der Waals surface area contributed by atoms with Crippen molar-refractivity contribution in [1.29, 1.82) is 0 Å². The second-order valence-electron chi connectivity index (χ2n) is 5.31. The molecule has 0 unspecified atom stereocenters. The third-order valence-corrected chi connectivity index (χ3v) is 4.68. The van der Waals surface area contributed by atoms with Crippen LogP contribution in [0.4, 0.5) is 0 Å². The standard InChI is InChI=1S/C15H18BrNO4/c16-12-4-2-1-3-11(12)5-6-13(18)17-9-7-15(21,8-10-17)14(19)20/h1-4,21H,5-10H2,(H,19,20). The number of aliphatic hydroxyl groups is 1. The van der Waals surface area contributed by atoms with Crippen LogP contribution in [0.5, 0.6) is 0 Å². The Balaban J connectivity index is 1.86. The number of carboxylic acids is 1. The predicted octanol–water partition coefficient (Wildman–Crippen LogP) is 1.82. The van der Waals surface area contributed by atoms with E-state index in [2.05, 4.69) is 15.9 Å². The van der Waals surface area contributed by atoms with Gasteiger partial charge in [-0.05, 0) is 18.1 Å². The van der Waals surface area contributed by atoms with Gasteiger partial charge in [-0.3, -0.25) is 4.79 Å². The Labute approximate surface area is 131 Å². The van der Waals surface area contributed by atoms with E-state index in [1.807, 2.05) is 24.3 Å². The van der Waals surface area contributed by atoms with Crippen LogP contribution in [0, 0.1) is 0 Å². The van der Waals surface area contributed by atoms with E-state index in [0.717, 1.165) is 10.0 Å². The summed E-state index contributed by atoms with van der Waals surface area (Å²) >= 11 is 3.45. The number of rotatable bonds is 4. The summed E-state index contributed by atoms with van der Waals surface area (Å²) in [5.41, 5.74) is -0.607. The molecular formula is C15H18BrNO4. The highest BCUT2D eigenvalue weighted by Gasteiger charge is 2.40. The maximum Gasteiger partial charge on any atom is 0.335 e. The lowest BCUT2D eigenvalue weighted by atomic mass is 9.91. The Hall–Kier alpha value is -1.40. The fourth-order valence-electron chi connectivity index (χ4n) is 2.44. The fourth-order valence-corrected chi connectivity index (χ4v) is 2.92. The van der Waals surface area contributed by atoms with Crippen molar-refractivity contribution in [3.05, 3.63) is 34.3 Å². The van der Waals surface area contributed by atoms with E-state index >= 15 is 0 Å². The molecule has 1 aliphatic heterocycles. The number of carboxylic acid groups (broad SMARTS) is 1. The van der Waals surface area contributed by atoms with Crippen LogP contribution in [-0.4, -0.2) is 45.7 Å². The minimum atomic E-state index is -1.68. The topological polar surface area (TPSA) is 77.8 Å². The molecule has 0 aromatic heterocycles. The van der Waals surface area contributed by atoms with Gasteiger partial charge in [-0.25, -0.2) is 4.79 Å². The lowest BCUT2D eigenvalue weighted by Crippen LogP contribution is -2.50. The van der Waals surface area contributed by atoms with Crippen LogP contribution in [0.3, 0.4) is 0 Å². The van der Waals surface area contributed by atoms with Crippen molar-refractivity contribution in [2.24, 2.45) is 0 Å². The van der Waals surface area contributed by atoms with Crippen molar-refractivity contribution in [3.8, 4) is 0 Å². The summed E-state index contributed by atoms with van der Waals surface area (Å²) in [5, 5.41) is 18.8. The molecule has 0 radical (unpaired) electrons. The van der Waals surface area contributed by atoms with Gasteiger partial charge in [-0.1, -0.05) is 34.1 Å². The van der Waals surface area contributed by atoms with Crippen molar-refractivity contribution >= 4 is 27.8 Å². The monoisotopic (exact) mass is 355 g/mol. The average Bonchev–Trinajstić information content (AvgIpc) is 2.46. The summed E-state index contributed by atoms with van der Waals surface area (Å²) in [6.45, 7) is 0.579. The molecule has 0 bridgehead atoms. The largest absolute Gasteiger partial charge is 0.479 e. The number of piperidine rings is 1. The van der Waals surface area contributed by atoms with E-state index in [0.29, 0.717) is 12.8 Å². The summed E-state index contributed by atoms with van der Waals surface area (Å²) in [5.74, 6) is -1.21. The molecule has 21 heavy (non-hydrogen) atoms. The van der Waals surface area contributed by atoms with Gasteiger partial charge in [0.25, 0.3) is 0 Å². The summed E-state index contributed by atoms with van der Waals surface area (Å²) < 4.78 is 0.983. The number of hydrogen-bond donors (Lipinski definition) is 2. The molecule has 1 saturated heterocycles. The van der Waals surface area contributed by atoms with Crippen molar-refractivity contribution in [3.63, 3.8) is 0 Å². The lowest BCUT2D eigenvalue weighted by molar-refractivity contribution is -0.165. The number of benzene rings is 1. The molecule has 1 aliphatic rings. The van der Waals surface area contributed by atoms with Crippen molar-refractivity contribution < 1.29 is 19.8 Å². The zero-order chi connectivity index (χ0) is 15.5. The van der Waals surface area contributed by atoms with Crippen LogP contribution < -0.4 is 0 Å². The molecule has 1 amide bonds. The first-order valence-corrected chi connectivity index (χ1v) is 7.69.